The second-order valence-electron chi connectivity index (χ2n) is 3.25. The van der Waals surface area contributed by atoms with Gasteiger partial charge in [0.05, 0.1) is 24.4 Å². The van der Waals surface area contributed by atoms with Crippen LogP contribution in [0.25, 0.3) is 0 Å². The number of methoxy groups -OCH3 is 1. The molecule has 0 saturated heterocycles. The summed E-state index contributed by atoms with van der Waals surface area (Å²) in [6, 6.07) is 7.29. The van der Waals surface area contributed by atoms with E-state index in [-0.39, 0.29) is 5.91 Å². The number of carbonyl (C=O) groups excluding carboxylic acids is 1. The Bertz CT molecular complexity index is 339. The molecule has 0 aromatic heterocycles. The Hall–Kier alpha value is -1.55. The molecular weight excluding hydrogens is 192 g/mol. The minimum Gasteiger partial charge on any atom is -0.397 e. The van der Waals surface area contributed by atoms with Crippen LogP contribution in [0.1, 0.15) is 6.42 Å². The second kappa shape index (κ2) is 5.36. The third-order valence-corrected chi connectivity index (χ3v) is 2.19. The third kappa shape index (κ3) is 2.95. The van der Waals surface area contributed by atoms with Crippen LogP contribution in [0.3, 0.4) is 0 Å². The molecule has 0 spiro atoms. The summed E-state index contributed by atoms with van der Waals surface area (Å²) in [4.78, 5) is 13.2. The molecule has 0 atom stereocenters. The molecule has 15 heavy (non-hydrogen) atoms. The Labute approximate surface area is 89.6 Å². The van der Waals surface area contributed by atoms with Gasteiger partial charge in [-0.1, -0.05) is 12.1 Å². The van der Waals surface area contributed by atoms with Crippen molar-refractivity contribution in [2.75, 3.05) is 31.4 Å². The fourth-order valence-corrected chi connectivity index (χ4v) is 1.28. The third-order valence-electron chi connectivity index (χ3n) is 2.19. The van der Waals surface area contributed by atoms with Crippen LogP contribution in [0.4, 0.5) is 11.4 Å². The number of benzene rings is 1. The van der Waals surface area contributed by atoms with Gasteiger partial charge in [0.25, 0.3) is 0 Å². The lowest BCUT2D eigenvalue weighted by molar-refractivity contribution is -0.119. The number of ether oxygens (including phenoxy) is 1. The Kier molecular flexibility index (Phi) is 4.12. The standard InChI is InChI=1S/C11H16N2O2/c1-13(11(14)7-8-15-2)10-6-4-3-5-9(10)12/h3-6H,7-8,12H2,1-2H3. The van der Waals surface area contributed by atoms with Crippen molar-refractivity contribution in [1.82, 2.24) is 0 Å². The Morgan fingerprint density at radius 2 is 2.13 bits per heavy atom. The molecule has 0 aliphatic heterocycles. The molecule has 0 radical (unpaired) electrons. The normalized spacial score (nSPS) is 10.0. The molecule has 4 heteroatoms. The van der Waals surface area contributed by atoms with E-state index < -0.39 is 0 Å². The molecule has 0 unspecified atom stereocenters. The first-order valence-electron chi connectivity index (χ1n) is 4.77. The van der Waals surface area contributed by atoms with E-state index in [4.69, 9.17) is 10.5 Å². The molecule has 0 bridgehead atoms. The zero-order valence-electron chi connectivity index (χ0n) is 9.06. The van der Waals surface area contributed by atoms with Crippen molar-refractivity contribution in [2.45, 2.75) is 6.42 Å². The highest BCUT2D eigenvalue weighted by Gasteiger charge is 2.12. The van der Waals surface area contributed by atoms with Gasteiger partial charge < -0.3 is 15.4 Å². The van der Waals surface area contributed by atoms with Gasteiger partial charge in [0.1, 0.15) is 0 Å². The smallest absolute Gasteiger partial charge is 0.229 e. The van der Waals surface area contributed by atoms with Gasteiger partial charge in [0, 0.05) is 14.2 Å². The first-order chi connectivity index (χ1) is 7.16. The molecule has 4 nitrogen and oxygen atoms in total. The summed E-state index contributed by atoms with van der Waals surface area (Å²) in [6.07, 6.45) is 0.362. The van der Waals surface area contributed by atoms with Crippen LogP contribution >= 0.6 is 0 Å². The first kappa shape index (κ1) is 11.5. The fraction of sp³-hybridized carbons (Fsp3) is 0.364. The highest BCUT2D eigenvalue weighted by Crippen LogP contribution is 2.21. The zero-order valence-corrected chi connectivity index (χ0v) is 9.06. The molecule has 0 saturated carbocycles. The summed E-state index contributed by atoms with van der Waals surface area (Å²) in [7, 11) is 3.29. The monoisotopic (exact) mass is 208 g/mol. The lowest BCUT2D eigenvalue weighted by Crippen LogP contribution is -2.27. The van der Waals surface area contributed by atoms with Crippen LogP contribution in [0, 0.1) is 0 Å². The van der Waals surface area contributed by atoms with Crippen molar-refractivity contribution in [3.8, 4) is 0 Å². The number of para-hydroxylation sites is 2. The van der Waals surface area contributed by atoms with Gasteiger partial charge in [0.15, 0.2) is 0 Å². The van der Waals surface area contributed by atoms with E-state index in [1.807, 2.05) is 18.2 Å². The number of anilines is 2. The van der Waals surface area contributed by atoms with Gasteiger partial charge in [-0.25, -0.2) is 0 Å². The van der Waals surface area contributed by atoms with Gasteiger partial charge in [-0.15, -0.1) is 0 Å². The van der Waals surface area contributed by atoms with Gasteiger partial charge in [0.2, 0.25) is 5.91 Å². The number of carbonyl (C=O) groups is 1. The maximum atomic E-state index is 11.6. The van der Waals surface area contributed by atoms with Crippen LogP contribution in [-0.4, -0.2) is 26.7 Å². The molecule has 1 rings (SSSR count). The summed E-state index contributed by atoms with van der Waals surface area (Å²) in [6.45, 7) is 0.426. The van der Waals surface area contributed by atoms with Crippen molar-refractivity contribution in [3.05, 3.63) is 24.3 Å². The summed E-state index contributed by atoms with van der Waals surface area (Å²) in [5, 5.41) is 0. The van der Waals surface area contributed by atoms with Crippen LogP contribution in [0.5, 0.6) is 0 Å². The van der Waals surface area contributed by atoms with E-state index >= 15 is 0 Å². The van der Waals surface area contributed by atoms with Gasteiger partial charge in [-0.3, -0.25) is 4.79 Å². The van der Waals surface area contributed by atoms with Gasteiger partial charge in [-0.2, -0.15) is 0 Å². The largest absolute Gasteiger partial charge is 0.397 e. The quantitative estimate of drug-likeness (QED) is 0.758. The highest BCUT2D eigenvalue weighted by atomic mass is 16.5. The predicted molar refractivity (Wildman–Crippen MR) is 60.8 cm³/mol. The number of nitrogens with zero attached hydrogens (tertiary/aromatic N) is 1. The SMILES string of the molecule is COCCC(=O)N(C)c1ccccc1N. The van der Waals surface area contributed by atoms with Gasteiger partial charge >= 0.3 is 0 Å². The predicted octanol–water partition coefficient (Wildman–Crippen LogP) is 1.27. The van der Waals surface area contributed by atoms with E-state index in [9.17, 15) is 4.79 Å². The molecule has 1 amide bonds. The Morgan fingerprint density at radius 3 is 2.73 bits per heavy atom. The number of hydrogen-bond donors (Lipinski definition) is 1. The fourth-order valence-electron chi connectivity index (χ4n) is 1.28. The van der Waals surface area contributed by atoms with E-state index in [1.165, 1.54) is 0 Å². The summed E-state index contributed by atoms with van der Waals surface area (Å²) in [5.74, 6) is -0.00486. The summed E-state index contributed by atoms with van der Waals surface area (Å²) >= 11 is 0. The van der Waals surface area contributed by atoms with Crippen molar-refractivity contribution >= 4 is 17.3 Å². The van der Waals surface area contributed by atoms with Crippen LogP contribution in [0.2, 0.25) is 0 Å². The minimum atomic E-state index is -0.00486. The van der Waals surface area contributed by atoms with Crippen molar-refractivity contribution in [1.29, 1.82) is 0 Å². The summed E-state index contributed by atoms with van der Waals surface area (Å²) < 4.78 is 4.85. The maximum absolute atomic E-state index is 11.6. The molecule has 0 heterocycles. The molecule has 1 aromatic rings. The minimum absolute atomic E-state index is 0.00486. The maximum Gasteiger partial charge on any atom is 0.229 e. The average molecular weight is 208 g/mol. The molecule has 1 aromatic carbocycles. The molecular formula is C11H16N2O2. The lowest BCUT2D eigenvalue weighted by Gasteiger charge is -2.18. The second-order valence-corrected chi connectivity index (χ2v) is 3.25. The molecule has 82 valence electrons. The summed E-state index contributed by atoms with van der Waals surface area (Å²) in [5.41, 5.74) is 7.10. The topological polar surface area (TPSA) is 55.6 Å². The van der Waals surface area contributed by atoms with E-state index in [0.29, 0.717) is 18.7 Å². The van der Waals surface area contributed by atoms with Gasteiger partial charge in [-0.05, 0) is 12.1 Å². The number of hydrogen-bond acceptors (Lipinski definition) is 3. The first-order valence-corrected chi connectivity index (χ1v) is 4.77. The van der Waals surface area contributed by atoms with E-state index in [2.05, 4.69) is 0 Å². The van der Waals surface area contributed by atoms with Crippen molar-refractivity contribution < 1.29 is 9.53 Å². The molecule has 0 aliphatic carbocycles. The van der Waals surface area contributed by atoms with Crippen LogP contribution in [0.15, 0.2) is 24.3 Å². The van der Waals surface area contributed by atoms with Crippen molar-refractivity contribution in [2.24, 2.45) is 0 Å². The highest BCUT2D eigenvalue weighted by molar-refractivity contribution is 5.95. The number of rotatable bonds is 4. The molecule has 0 aliphatic rings. The van der Waals surface area contributed by atoms with Crippen LogP contribution in [-0.2, 0) is 9.53 Å². The Morgan fingerprint density at radius 1 is 1.47 bits per heavy atom. The number of nitrogens with two attached hydrogens (primary N) is 1. The lowest BCUT2D eigenvalue weighted by atomic mass is 10.2. The molecule has 2 N–H and O–H groups in total. The zero-order chi connectivity index (χ0) is 11.3. The average Bonchev–Trinajstić information content (AvgIpc) is 2.25. The number of nitrogen functional groups attached to an aromatic ring is 1. The van der Waals surface area contributed by atoms with E-state index in [1.54, 1.807) is 25.1 Å². The number of amides is 1. The Balaban J connectivity index is 2.72. The molecule has 0 fully saturated rings. The van der Waals surface area contributed by atoms with Crippen LogP contribution < -0.4 is 10.6 Å². The van der Waals surface area contributed by atoms with E-state index in [0.717, 1.165) is 5.69 Å². The van der Waals surface area contributed by atoms with Crippen molar-refractivity contribution in [3.63, 3.8) is 0 Å².